The summed E-state index contributed by atoms with van der Waals surface area (Å²) >= 11 is 0. The Morgan fingerprint density at radius 3 is 2.33 bits per heavy atom. The van der Waals surface area contributed by atoms with Gasteiger partial charge in [-0.05, 0) is 18.2 Å². The predicted octanol–water partition coefficient (Wildman–Crippen LogP) is 4.56. The number of nitro groups is 2. The average molecular weight is 403 g/mol. The third kappa shape index (κ3) is 3.56. The average Bonchev–Trinajstić information content (AvgIpc) is 2.75. The number of aromatic nitrogens is 2. The van der Waals surface area contributed by atoms with E-state index in [2.05, 4.69) is 15.3 Å². The number of anilines is 2. The maximum absolute atomic E-state index is 11.2. The number of hydrogen-bond acceptors (Lipinski definition) is 8. The molecule has 30 heavy (non-hydrogen) atoms. The first-order chi connectivity index (χ1) is 14.4. The summed E-state index contributed by atoms with van der Waals surface area (Å²) in [4.78, 5) is 30.1. The van der Waals surface area contributed by atoms with Gasteiger partial charge in [-0.15, -0.1) is 0 Å². The van der Waals surface area contributed by atoms with Gasteiger partial charge in [0.15, 0.2) is 11.6 Å². The molecular formula is C20H13N5O5. The molecule has 0 saturated heterocycles. The van der Waals surface area contributed by atoms with Gasteiger partial charge >= 0.3 is 5.69 Å². The van der Waals surface area contributed by atoms with Gasteiger partial charge in [0.25, 0.3) is 5.69 Å². The van der Waals surface area contributed by atoms with Crippen LogP contribution in [0.2, 0.25) is 0 Å². The fraction of sp³-hybridized carbons (Fsp3) is 0. The fourth-order valence-electron chi connectivity index (χ4n) is 2.93. The van der Waals surface area contributed by atoms with Gasteiger partial charge < -0.3 is 10.4 Å². The lowest BCUT2D eigenvalue weighted by Crippen LogP contribution is -2.01. The zero-order chi connectivity index (χ0) is 21.3. The Morgan fingerprint density at radius 2 is 1.63 bits per heavy atom. The normalized spacial score (nSPS) is 10.7. The second-order valence-electron chi connectivity index (χ2n) is 6.31. The van der Waals surface area contributed by atoms with E-state index in [4.69, 9.17) is 0 Å². The van der Waals surface area contributed by atoms with Crippen LogP contribution < -0.4 is 5.32 Å². The number of rotatable bonds is 5. The fourth-order valence-corrected chi connectivity index (χ4v) is 2.93. The molecular weight excluding hydrogens is 390 g/mol. The number of phenols is 1. The zero-order valence-corrected chi connectivity index (χ0v) is 15.2. The van der Waals surface area contributed by atoms with Crippen LogP contribution in [0.4, 0.5) is 22.9 Å². The Balaban J connectivity index is 1.89. The van der Waals surface area contributed by atoms with E-state index in [1.54, 1.807) is 0 Å². The predicted molar refractivity (Wildman–Crippen MR) is 110 cm³/mol. The van der Waals surface area contributed by atoms with Crippen LogP contribution in [0.3, 0.4) is 0 Å². The molecule has 0 aliphatic carbocycles. The van der Waals surface area contributed by atoms with Gasteiger partial charge in [-0.3, -0.25) is 20.2 Å². The van der Waals surface area contributed by atoms with Crippen LogP contribution in [0, 0.1) is 20.2 Å². The number of benzene rings is 3. The molecule has 1 aromatic heterocycles. The van der Waals surface area contributed by atoms with E-state index in [9.17, 15) is 25.3 Å². The van der Waals surface area contributed by atoms with Gasteiger partial charge in [-0.2, -0.15) is 0 Å². The molecule has 0 aliphatic rings. The van der Waals surface area contributed by atoms with Crippen LogP contribution in [0.5, 0.6) is 5.75 Å². The van der Waals surface area contributed by atoms with Crippen molar-refractivity contribution >= 4 is 33.8 Å². The van der Waals surface area contributed by atoms with Gasteiger partial charge in [-0.25, -0.2) is 9.97 Å². The minimum Gasteiger partial charge on any atom is -0.502 e. The molecule has 0 radical (unpaired) electrons. The highest BCUT2D eigenvalue weighted by molar-refractivity contribution is 5.94. The number of phenolic OH excluding ortho intramolecular Hbond substituents is 1. The Kier molecular flexibility index (Phi) is 4.64. The minimum absolute atomic E-state index is 0.140. The van der Waals surface area contributed by atoms with Crippen LogP contribution in [0.25, 0.3) is 22.3 Å². The quantitative estimate of drug-likeness (QED) is 0.280. The SMILES string of the molecule is O=[N+]([O-])c1ccc2nc(-c3ccccc3)nc(Nc3ccc(O)c([N+](=O)[O-])c3)c2c1. The van der Waals surface area contributed by atoms with Crippen molar-refractivity contribution in [3.63, 3.8) is 0 Å². The lowest BCUT2D eigenvalue weighted by molar-refractivity contribution is -0.385. The van der Waals surface area contributed by atoms with E-state index >= 15 is 0 Å². The summed E-state index contributed by atoms with van der Waals surface area (Å²) in [6, 6.07) is 17.1. The number of aromatic hydroxyl groups is 1. The van der Waals surface area contributed by atoms with E-state index in [1.165, 1.54) is 30.3 Å². The highest BCUT2D eigenvalue weighted by Gasteiger charge is 2.17. The third-order valence-corrected chi connectivity index (χ3v) is 4.36. The van der Waals surface area contributed by atoms with E-state index in [-0.39, 0.29) is 17.2 Å². The summed E-state index contributed by atoms with van der Waals surface area (Å²) in [5.74, 6) is 0.147. The summed E-state index contributed by atoms with van der Waals surface area (Å²) in [7, 11) is 0. The lowest BCUT2D eigenvalue weighted by atomic mass is 10.1. The van der Waals surface area contributed by atoms with Crippen LogP contribution in [0.1, 0.15) is 0 Å². The van der Waals surface area contributed by atoms with Crippen LogP contribution in [-0.4, -0.2) is 24.9 Å². The first kappa shape index (κ1) is 18.7. The molecule has 2 N–H and O–H groups in total. The van der Waals surface area contributed by atoms with Crippen LogP contribution >= 0.6 is 0 Å². The lowest BCUT2D eigenvalue weighted by Gasteiger charge is -2.11. The zero-order valence-electron chi connectivity index (χ0n) is 15.2. The molecule has 10 nitrogen and oxygen atoms in total. The van der Waals surface area contributed by atoms with Crippen LogP contribution in [0.15, 0.2) is 66.7 Å². The first-order valence-corrected chi connectivity index (χ1v) is 8.68. The molecule has 0 spiro atoms. The molecule has 0 amide bonds. The van der Waals surface area contributed by atoms with E-state index in [0.29, 0.717) is 16.7 Å². The van der Waals surface area contributed by atoms with Crippen molar-refractivity contribution < 1.29 is 15.0 Å². The molecule has 0 unspecified atom stereocenters. The number of nitrogens with one attached hydrogen (secondary N) is 1. The van der Waals surface area contributed by atoms with Crippen molar-refractivity contribution in [1.82, 2.24) is 9.97 Å². The van der Waals surface area contributed by atoms with Gasteiger partial charge in [0.1, 0.15) is 5.82 Å². The van der Waals surface area contributed by atoms with E-state index in [1.807, 2.05) is 30.3 Å². The maximum atomic E-state index is 11.2. The molecule has 3 aromatic carbocycles. The largest absolute Gasteiger partial charge is 0.502 e. The van der Waals surface area contributed by atoms with Gasteiger partial charge in [-0.1, -0.05) is 30.3 Å². The van der Waals surface area contributed by atoms with Crippen molar-refractivity contribution in [1.29, 1.82) is 0 Å². The third-order valence-electron chi connectivity index (χ3n) is 4.36. The summed E-state index contributed by atoms with van der Waals surface area (Å²) in [5, 5.41) is 35.3. The van der Waals surface area contributed by atoms with Crippen molar-refractivity contribution in [3.05, 3.63) is 87.0 Å². The number of nitrogens with zero attached hydrogens (tertiary/aromatic N) is 4. The molecule has 0 bridgehead atoms. The van der Waals surface area contributed by atoms with Crippen molar-refractivity contribution in [3.8, 4) is 17.1 Å². The van der Waals surface area contributed by atoms with Crippen molar-refractivity contribution in [2.45, 2.75) is 0 Å². The molecule has 0 atom stereocenters. The Morgan fingerprint density at radius 1 is 0.867 bits per heavy atom. The molecule has 1 heterocycles. The Labute approximate surface area is 168 Å². The molecule has 0 saturated carbocycles. The minimum atomic E-state index is -0.709. The highest BCUT2D eigenvalue weighted by Crippen LogP contribution is 2.33. The molecule has 0 fully saturated rings. The van der Waals surface area contributed by atoms with Gasteiger partial charge in [0.2, 0.25) is 0 Å². The molecule has 4 aromatic rings. The second kappa shape index (κ2) is 7.43. The summed E-state index contributed by atoms with van der Waals surface area (Å²) in [6.45, 7) is 0. The first-order valence-electron chi connectivity index (χ1n) is 8.68. The number of fused-ring (bicyclic) bond motifs is 1. The highest BCUT2D eigenvalue weighted by atomic mass is 16.6. The van der Waals surface area contributed by atoms with Gasteiger partial charge in [0.05, 0.1) is 15.4 Å². The summed E-state index contributed by atoms with van der Waals surface area (Å²) in [6.07, 6.45) is 0. The summed E-state index contributed by atoms with van der Waals surface area (Å²) in [5.41, 5.74) is 0.860. The maximum Gasteiger partial charge on any atom is 0.312 e. The second-order valence-corrected chi connectivity index (χ2v) is 6.31. The Hall–Kier alpha value is -4.60. The number of nitro benzene ring substituents is 2. The molecule has 4 rings (SSSR count). The number of hydrogen-bond donors (Lipinski definition) is 2. The van der Waals surface area contributed by atoms with Crippen molar-refractivity contribution in [2.24, 2.45) is 0 Å². The standard InChI is InChI=1S/C20H13N5O5/c26-18-9-6-13(10-17(18)25(29)30)21-20-15-11-14(24(27)28)7-8-16(15)22-19(23-20)12-4-2-1-3-5-12/h1-11,26H,(H,21,22,23). The van der Waals surface area contributed by atoms with Gasteiger partial charge in [0, 0.05) is 34.8 Å². The molecule has 10 heteroatoms. The summed E-state index contributed by atoms with van der Waals surface area (Å²) < 4.78 is 0. The van der Waals surface area contributed by atoms with Crippen molar-refractivity contribution in [2.75, 3.05) is 5.32 Å². The molecule has 0 aliphatic heterocycles. The molecule has 148 valence electrons. The topological polar surface area (TPSA) is 144 Å². The van der Waals surface area contributed by atoms with E-state index in [0.717, 1.165) is 11.6 Å². The monoisotopic (exact) mass is 403 g/mol. The van der Waals surface area contributed by atoms with Crippen LogP contribution in [-0.2, 0) is 0 Å². The smallest absolute Gasteiger partial charge is 0.312 e. The number of non-ortho nitro benzene ring substituents is 1. The Bertz CT molecular complexity index is 1290. The van der Waals surface area contributed by atoms with E-state index < -0.39 is 21.3 Å².